The van der Waals surface area contributed by atoms with E-state index >= 15 is 0 Å². The van der Waals surface area contributed by atoms with Crippen LogP contribution in [0.1, 0.15) is 24.1 Å². The lowest BCUT2D eigenvalue weighted by atomic mass is 9.94. The van der Waals surface area contributed by atoms with E-state index in [1.165, 1.54) is 19.1 Å². The Morgan fingerprint density at radius 2 is 1.72 bits per heavy atom. The van der Waals surface area contributed by atoms with Crippen LogP contribution in [0.25, 0.3) is 0 Å². The van der Waals surface area contributed by atoms with E-state index < -0.39 is 29.7 Å². The van der Waals surface area contributed by atoms with E-state index in [-0.39, 0.29) is 27.0 Å². The van der Waals surface area contributed by atoms with Gasteiger partial charge in [-0.25, -0.2) is 4.79 Å². The van der Waals surface area contributed by atoms with E-state index in [0.717, 1.165) is 12.1 Å². The lowest BCUT2D eigenvalue weighted by Gasteiger charge is -2.29. The Balaban J connectivity index is 1.99. The molecule has 3 amide bonds. The van der Waals surface area contributed by atoms with Gasteiger partial charge in [0.05, 0.1) is 17.2 Å². The highest BCUT2D eigenvalue weighted by molar-refractivity contribution is 6.36. The number of amides is 3. The number of anilines is 1. The molecule has 1 aliphatic heterocycles. The second-order valence-corrected chi connectivity index (χ2v) is 7.05. The fourth-order valence-electron chi connectivity index (χ4n) is 2.97. The van der Waals surface area contributed by atoms with Crippen LogP contribution < -0.4 is 16.0 Å². The molecule has 0 spiro atoms. The third kappa shape index (κ3) is 4.49. The highest BCUT2D eigenvalue weighted by atomic mass is 35.5. The van der Waals surface area contributed by atoms with Gasteiger partial charge in [-0.05, 0) is 37.3 Å². The molecule has 5 nitrogen and oxygen atoms in total. The van der Waals surface area contributed by atoms with Crippen molar-refractivity contribution in [1.29, 1.82) is 0 Å². The van der Waals surface area contributed by atoms with Crippen molar-refractivity contribution in [3.8, 4) is 0 Å². The number of rotatable bonds is 3. The molecule has 1 atom stereocenters. The third-order valence-corrected chi connectivity index (χ3v) is 4.91. The van der Waals surface area contributed by atoms with Gasteiger partial charge < -0.3 is 16.0 Å². The summed E-state index contributed by atoms with van der Waals surface area (Å²) in [5.41, 5.74) is -0.358. The second kappa shape index (κ2) is 7.96. The second-order valence-electron chi connectivity index (χ2n) is 6.24. The smallest absolute Gasteiger partial charge is 0.327 e. The average Bonchev–Trinajstić information content (AvgIpc) is 2.60. The molecule has 152 valence electrons. The van der Waals surface area contributed by atoms with Gasteiger partial charge >= 0.3 is 12.2 Å². The quantitative estimate of drug-likeness (QED) is 0.603. The van der Waals surface area contributed by atoms with Gasteiger partial charge in [-0.2, -0.15) is 13.2 Å². The molecule has 0 aromatic heterocycles. The lowest BCUT2D eigenvalue weighted by Crippen LogP contribution is -2.46. The molecule has 2 aromatic carbocycles. The molecule has 3 N–H and O–H groups in total. The van der Waals surface area contributed by atoms with Gasteiger partial charge in [-0.15, -0.1) is 0 Å². The normalized spacial score (nSPS) is 16.9. The van der Waals surface area contributed by atoms with E-state index in [9.17, 15) is 22.8 Å². The molecular formula is C19H14Cl2F3N3O2. The standard InChI is InChI=1S/C19H14Cl2F3N3O2/c1-9-14(17(28)26-11-5-2-4-10(8-11)19(22,23)24)16(27-18(29)25-9)15-12(20)6-3-7-13(15)21/h2-8,16H,1H3,(H,26,28)(H2,25,27,29)/t16-/m1/s1. The molecule has 0 saturated carbocycles. The van der Waals surface area contributed by atoms with Crippen LogP contribution in [0.15, 0.2) is 53.7 Å². The van der Waals surface area contributed by atoms with Crippen LogP contribution >= 0.6 is 23.2 Å². The number of carbonyl (C=O) groups excluding carboxylic acids is 2. The number of halogens is 5. The molecule has 2 aromatic rings. The fourth-order valence-corrected chi connectivity index (χ4v) is 3.59. The molecule has 1 heterocycles. The monoisotopic (exact) mass is 443 g/mol. The largest absolute Gasteiger partial charge is 0.416 e. The molecule has 3 rings (SSSR count). The maximum absolute atomic E-state index is 12.9. The Labute approximate surface area is 173 Å². The summed E-state index contributed by atoms with van der Waals surface area (Å²) < 4.78 is 38.8. The number of carbonyl (C=O) groups is 2. The Morgan fingerprint density at radius 3 is 2.34 bits per heavy atom. The minimum atomic E-state index is -4.55. The summed E-state index contributed by atoms with van der Waals surface area (Å²) in [4.78, 5) is 24.9. The summed E-state index contributed by atoms with van der Waals surface area (Å²) >= 11 is 12.4. The van der Waals surface area contributed by atoms with Crippen molar-refractivity contribution < 1.29 is 22.8 Å². The Kier molecular flexibility index (Phi) is 5.77. The highest BCUT2D eigenvalue weighted by Gasteiger charge is 2.34. The zero-order valence-corrected chi connectivity index (χ0v) is 16.3. The number of alkyl halides is 3. The number of urea groups is 1. The average molecular weight is 444 g/mol. The van der Waals surface area contributed by atoms with Crippen molar-refractivity contribution in [2.24, 2.45) is 0 Å². The number of benzene rings is 2. The maximum atomic E-state index is 12.9. The van der Waals surface area contributed by atoms with Gasteiger partial charge in [0, 0.05) is 27.0 Å². The van der Waals surface area contributed by atoms with Crippen LogP contribution in [0.4, 0.5) is 23.7 Å². The summed E-state index contributed by atoms with van der Waals surface area (Å²) in [6.45, 7) is 1.50. The molecule has 0 fully saturated rings. The predicted molar refractivity (Wildman–Crippen MR) is 104 cm³/mol. The van der Waals surface area contributed by atoms with Gasteiger partial charge in [-0.1, -0.05) is 35.3 Å². The van der Waals surface area contributed by atoms with E-state index in [2.05, 4.69) is 16.0 Å². The summed E-state index contributed by atoms with van der Waals surface area (Å²) in [6, 6.07) is 7.38. The van der Waals surface area contributed by atoms with Crippen LogP contribution in [0.3, 0.4) is 0 Å². The zero-order valence-electron chi connectivity index (χ0n) is 14.8. The Morgan fingerprint density at radius 1 is 1.10 bits per heavy atom. The lowest BCUT2D eigenvalue weighted by molar-refractivity contribution is -0.137. The van der Waals surface area contributed by atoms with Crippen molar-refractivity contribution in [2.45, 2.75) is 19.1 Å². The third-order valence-electron chi connectivity index (χ3n) is 4.25. The van der Waals surface area contributed by atoms with Gasteiger partial charge in [0.2, 0.25) is 0 Å². The Hall–Kier alpha value is -2.71. The van der Waals surface area contributed by atoms with Crippen molar-refractivity contribution in [1.82, 2.24) is 10.6 Å². The van der Waals surface area contributed by atoms with Crippen LogP contribution in [0, 0.1) is 0 Å². The Bertz CT molecular complexity index is 1000. The van der Waals surface area contributed by atoms with Crippen LogP contribution in [-0.4, -0.2) is 11.9 Å². The number of hydrogen-bond donors (Lipinski definition) is 3. The summed E-state index contributed by atoms with van der Waals surface area (Å²) in [5, 5.41) is 7.93. The van der Waals surface area contributed by atoms with E-state index in [1.807, 2.05) is 0 Å². The molecular weight excluding hydrogens is 430 g/mol. The van der Waals surface area contributed by atoms with Gasteiger partial charge in [0.25, 0.3) is 5.91 Å². The first-order valence-electron chi connectivity index (χ1n) is 8.28. The van der Waals surface area contributed by atoms with Gasteiger partial charge in [0.1, 0.15) is 0 Å². The summed E-state index contributed by atoms with van der Waals surface area (Å²) in [6.07, 6.45) is -4.55. The zero-order chi connectivity index (χ0) is 21.3. The predicted octanol–water partition coefficient (Wildman–Crippen LogP) is 5.28. The summed E-state index contributed by atoms with van der Waals surface area (Å²) in [7, 11) is 0. The maximum Gasteiger partial charge on any atom is 0.416 e. The van der Waals surface area contributed by atoms with Gasteiger partial charge in [0.15, 0.2) is 0 Å². The molecule has 1 aliphatic rings. The molecule has 0 aliphatic carbocycles. The first-order valence-corrected chi connectivity index (χ1v) is 9.04. The molecule has 0 bridgehead atoms. The molecule has 29 heavy (non-hydrogen) atoms. The number of hydrogen-bond acceptors (Lipinski definition) is 2. The minimum absolute atomic E-state index is 0.0500. The summed E-state index contributed by atoms with van der Waals surface area (Å²) in [5.74, 6) is -0.713. The van der Waals surface area contributed by atoms with Crippen LogP contribution in [0.2, 0.25) is 10.0 Å². The molecule has 0 radical (unpaired) electrons. The number of nitrogens with one attached hydrogen (secondary N) is 3. The van der Waals surface area contributed by atoms with Crippen molar-refractivity contribution in [3.63, 3.8) is 0 Å². The first kappa shape index (κ1) is 21.0. The van der Waals surface area contributed by atoms with Gasteiger partial charge in [-0.3, -0.25) is 4.79 Å². The van der Waals surface area contributed by atoms with E-state index in [4.69, 9.17) is 23.2 Å². The van der Waals surface area contributed by atoms with Crippen LogP contribution in [0.5, 0.6) is 0 Å². The SMILES string of the molecule is CC1=C(C(=O)Nc2cccc(C(F)(F)F)c2)[C@H](c2c(Cl)cccc2Cl)NC(=O)N1. The van der Waals surface area contributed by atoms with E-state index in [1.54, 1.807) is 18.2 Å². The topological polar surface area (TPSA) is 70.2 Å². The van der Waals surface area contributed by atoms with E-state index in [0.29, 0.717) is 5.56 Å². The molecule has 10 heteroatoms. The molecule has 0 unspecified atom stereocenters. The fraction of sp³-hybridized carbons (Fsp3) is 0.158. The van der Waals surface area contributed by atoms with Crippen LogP contribution in [-0.2, 0) is 11.0 Å². The van der Waals surface area contributed by atoms with Crippen molar-refractivity contribution >= 4 is 40.8 Å². The number of allylic oxidation sites excluding steroid dienone is 1. The minimum Gasteiger partial charge on any atom is -0.327 e. The van der Waals surface area contributed by atoms with Crippen molar-refractivity contribution in [2.75, 3.05) is 5.32 Å². The van der Waals surface area contributed by atoms with Crippen molar-refractivity contribution in [3.05, 3.63) is 74.9 Å². The first-order chi connectivity index (χ1) is 13.6. The highest BCUT2D eigenvalue weighted by Crippen LogP contribution is 2.37. The molecule has 0 saturated heterocycles.